The van der Waals surface area contributed by atoms with Crippen molar-refractivity contribution in [1.82, 2.24) is 9.29 Å². The molecule has 1 unspecified atom stereocenters. The quantitative estimate of drug-likeness (QED) is 0.796. The molecule has 1 aliphatic rings. The molecule has 1 atom stereocenters. The summed E-state index contributed by atoms with van der Waals surface area (Å²) in [7, 11) is -3.72. The van der Waals surface area contributed by atoms with E-state index in [-0.39, 0.29) is 18.0 Å². The predicted octanol–water partition coefficient (Wildman–Crippen LogP) is -0.0240. The van der Waals surface area contributed by atoms with Crippen LogP contribution >= 0.6 is 0 Å². The Labute approximate surface area is 92.6 Å². The third-order valence-corrected chi connectivity index (χ3v) is 4.27. The van der Waals surface area contributed by atoms with E-state index >= 15 is 0 Å². The van der Waals surface area contributed by atoms with Crippen molar-refractivity contribution in [3.8, 4) is 0 Å². The molecular formula is C9H11FN2O3S. The molecular weight excluding hydrogens is 235 g/mol. The fraction of sp³-hybridized carbons (Fsp3) is 0.444. The van der Waals surface area contributed by atoms with E-state index in [0.29, 0.717) is 6.42 Å². The lowest BCUT2D eigenvalue weighted by molar-refractivity contribution is 0.189. The second-order valence-electron chi connectivity index (χ2n) is 3.64. The van der Waals surface area contributed by atoms with Crippen LogP contribution in [-0.2, 0) is 10.0 Å². The van der Waals surface area contributed by atoms with Gasteiger partial charge in [0.05, 0.1) is 12.3 Å². The Hall–Kier alpha value is -1.05. The highest BCUT2D eigenvalue weighted by atomic mass is 32.2. The number of nitrogens with zero attached hydrogens (tertiary/aromatic N) is 2. The van der Waals surface area contributed by atoms with Gasteiger partial charge in [-0.2, -0.15) is 4.31 Å². The molecule has 1 saturated heterocycles. The predicted molar refractivity (Wildman–Crippen MR) is 53.6 cm³/mol. The lowest BCUT2D eigenvalue weighted by Crippen LogP contribution is -2.29. The van der Waals surface area contributed by atoms with Gasteiger partial charge >= 0.3 is 0 Å². The molecule has 88 valence electrons. The largest absolute Gasteiger partial charge is 0.392 e. The number of β-amino-alcohol motifs (C(OH)–C–C–N with tert-alkyl or cyclic N) is 1. The zero-order valence-corrected chi connectivity index (χ0v) is 9.19. The third-order valence-electron chi connectivity index (χ3n) is 2.44. The topological polar surface area (TPSA) is 70.5 Å². The minimum absolute atomic E-state index is 0.0544. The Morgan fingerprint density at radius 2 is 2.25 bits per heavy atom. The van der Waals surface area contributed by atoms with Crippen LogP contribution in [0.25, 0.3) is 0 Å². The maximum Gasteiger partial charge on any atom is 0.244 e. The summed E-state index contributed by atoms with van der Waals surface area (Å²) in [6.07, 6.45) is 1.81. The molecule has 1 fully saturated rings. The van der Waals surface area contributed by atoms with Crippen LogP contribution in [0.2, 0.25) is 0 Å². The van der Waals surface area contributed by atoms with Gasteiger partial charge in [0.25, 0.3) is 0 Å². The summed E-state index contributed by atoms with van der Waals surface area (Å²) in [5.41, 5.74) is 0. The summed E-state index contributed by atoms with van der Waals surface area (Å²) >= 11 is 0. The van der Waals surface area contributed by atoms with Gasteiger partial charge in [-0.3, -0.25) is 4.98 Å². The minimum atomic E-state index is -3.72. The number of halogens is 1. The molecule has 2 heterocycles. The third kappa shape index (κ3) is 2.06. The second-order valence-corrected chi connectivity index (χ2v) is 5.58. The minimum Gasteiger partial charge on any atom is -0.392 e. The summed E-state index contributed by atoms with van der Waals surface area (Å²) in [4.78, 5) is 3.32. The summed E-state index contributed by atoms with van der Waals surface area (Å²) in [5, 5.41) is 9.27. The fourth-order valence-electron chi connectivity index (χ4n) is 1.61. The number of pyridine rings is 1. The van der Waals surface area contributed by atoms with E-state index in [1.807, 2.05) is 0 Å². The van der Waals surface area contributed by atoms with E-state index in [4.69, 9.17) is 0 Å². The Kier molecular flexibility index (Phi) is 2.92. The molecule has 0 radical (unpaired) electrons. The zero-order valence-electron chi connectivity index (χ0n) is 8.38. The lowest BCUT2D eigenvalue weighted by Gasteiger charge is -2.15. The highest BCUT2D eigenvalue weighted by Crippen LogP contribution is 2.20. The highest BCUT2D eigenvalue weighted by molar-refractivity contribution is 7.89. The van der Waals surface area contributed by atoms with Crippen LogP contribution < -0.4 is 0 Å². The Bertz CT molecular complexity index is 491. The molecule has 16 heavy (non-hydrogen) atoms. The van der Waals surface area contributed by atoms with Gasteiger partial charge in [0, 0.05) is 19.3 Å². The van der Waals surface area contributed by atoms with Crippen LogP contribution in [0.5, 0.6) is 0 Å². The molecule has 0 amide bonds. The summed E-state index contributed by atoms with van der Waals surface area (Å²) in [6.45, 7) is 0.304. The first-order valence-corrected chi connectivity index (χ1v) is 6.23. The summed E-state index contributed by atoms with van der Waals surface area (Å²) in [5.74, 6) is -0.694. The molecule has 2 rings (SSSR count). The molecule has 0 spiro atoms. The molecule has 0 aromatic carbocycles. The van der Waals surface area contributed by atoms with Crippen molar-refractivity contribution in [3.05, 3.63) is 24.3 Å². The van der Waals surface area contributed by atoms with Crippen molar-refractivity contribution in [2.24, 2.45) is 0 Å². The fourth-order valence-corrected chi connectivity index (χ4v) is 3.08. The smallest absolute Gasteiger partial charge is 0.244 e. The number of rotatable bonds is 2. The SMILES string of the molecule is O=S(=O)(c1cncc(F)c1)N1CCC(O)C1. The van der Waals surface area contributed by atoms with Crippen LogP contribution in [0.4, 0.5) is 4.39 Å². The van der Waals surface area contributed by atoms with Crippen LogP contribution in [0.3, 0.4) is 0 Å². The average Bonchev–Trinajstić information content (AvgIpc) is 2.65. The number of sulfonamides is 1. The maximum absolute atomic E-state index is 12.9. The monoisotopic (exact) mass is 246 g/mol. The molecule has 7 heteroatoms. The molecule has 1 N–H and O–H groups in total. The van der Waals surface area contributed by atoms with Crippen molar-refractivity contribution < 1.29 is 17.9 Å². The maximum atomic E-state index is 12.9. The number of aliphatic hydroxyl groups excluding tert-OH is 1. The van der Waals surface area contributed by atoms with Gasteiger partial charge < -0.3 is 5.11 Å². The number of hydrogen-bond acceptors (Lipinski definition) is 4. The van der Waals surface area contributed by atoms with Crippen molar-refractivity contribution in [2.45, 2.75) is 17.4 Å². The normalized spacial score (nSPS) is 22.5. The number of aliphatic hydroxyl groups is 1. The van der Waals surface area contributed by atoms with Crippen LogP contribution in [0.1, 0.15) is 6.42 Å². The summed E-state index contributed by atoms with van der Waals surface area (Å²) < 4.78 is 37.9. The highest BCUT2D eigenvalue weighted by Gasteiger charge is 2.31. The molecule has 1 aliphatic heterocycles. The van der Waals surface area contributed by atoms with Crippen LogP contribution in [-0.4, -0.2) is 42.0 Å². The molecule has 1 aromatic heterocycles. The lowest BCUT2D eigenvalue weighted by atomic mass is 10.3. The van der Waals surface area contributed by atoms with Gasteiger partial charge in [0.15, 0.2) is 0 Å². The van der Waals surface area contributed by atoms with Crippen molar-refractivity contribution >= 4 is 10.0 Å². The second kappa shape index (κ2) is 4.08. The van der Waals surface area contributed by atoms with Crippen molar-refractivity contribution in [2.75, 3.05) is 13.1 Å². The van der Waals surface area contributed by atoms with Gasteiger partial charge in [-0.15, -0.1) is 0 Å². The van der Waals surface area contributed by atoms with E-state index in [0.717, 1.165) is 22.8 Å². The summed E-state index contributed by atoms with van der Waals surface area (Å²) in [6, 6.07) is 0.924. The van der Waals surface area contributed by atoms with E-state index in [9.17, 15) is 17.9 Å². The van der Waals surface area contributed by atoms with E-state index < -0.39 is 21.9 Å². The molecule has 0 bridgehead atoms. The van der Waals surface area contributed by atoms with Crippen LogP contribution in [0.15, 0.2) is 23.4 Å². The van der Waals surface area contributed by atoms with E-state index in [2.05, 4.69) is 4.98 Å². The first-order valence-electron chi connectivity index (χ1n) is 4.79. The van der Waals surface area contributed by atoms with Gasteiger partial charge in [-0.1, -0.05) is 0 Å². The Balaban J connectivity index is 2.32. The van der Waals surface area contributed by atoms with Crippen molar-refractivity contribution in [3.63, 3.8) is 0 Å². The first kappa shape index (κ1) is 11.4. The van der Waals surface area contributed by atoms with Gasteiger partial charge in [-0.25, -0.2) is 12.8 Å². The van der Waals surface area contributed by atoms with Gasteiger partial charge in [-0.05, 0) is 12.5 Å². The standard InChI is InChI=1S/C9H11FN2O3S/c10-7-3-9(5-11-4-7)16(14,15)12-2-1-8(13)6-12/h3-5,8,13H,1-2,6H2. The Morgan fingerprint density at radius 3 is 2.81 bits per heavy atom. The van der Waals surface area contributed by atoms with E-state index in [1.165, 1.54) is 0 Å². The van der Waals surface area contributed by atoms with Crippen LogP contribution in [0, 0.1) is 5.82 Å². The van der Waals surface area contributed by atoms with E-state index in [1.54, 1.807) is 0 Å². The van der Waals surface area contributed by atoms with Gasteiger partial charge in [0.1, 0.15) is 10.7 Å². The molecule has 1 aromatic rings. The molecule has 0 aliphatic carbocycles. The zero-order chi connectivity index (χ0) is 11.8. The number of aromatic nitrogens is 1. The first-order chi connectivity index (χ1) is 7.50. The van der Waals surface area contributed by atoms with Crippen molar-refractivity contribution in [1.29, 1.82) is 0 Å². The average molecular weight is 246 g/mol. The molecule has 0 saturated carbocycles. The van der Waals surface area contributed by atoms with Gasteiger partial charge in [0.2, 0.25) is 10.0 Å². The number of hydrogen-bond donors (Lipinski definition) is 1. The Morgan fingerprint density at radius 1 is 1.50 bits per heavy atom. The molecule has 5 nitrogen and oxygen atoms in total.